The summed E-state index contributed by atoms with van der Waals surface area (Å²) in [5.74, 6) is -1.02. The molecule has 116 valence electrons. The van der Waals surface area contributed by atoms with Crippen LogP contribution in [0.4, 0.5) is 0 Å². The van der Waals surface area contributed by atoms with Crippen LogP contribution in [0.3, 0.4) is 0 Å². The maximum atomic E-state index is 12.3. The zero-order valence-corrected chi connectivity index (χ0v) is 12.6. The molecule has 7 heteroatoms. The predicted octanol–water partition coefficient (Wildman–Crippen LogP) is 0.537. The third-order valence-corrected chi connectivity index (χ3v) is 4.46. The van der Waals surface area contributed by atoms with Gasteiger partial charge in [-0.05, 0) is 23.3 Å². The molecule has 22 heavy (non-hydrogen) atoms. The fourth-order valence-corrected chi connectivity index (χ4v) is 3.04. The quantitative estimate of drug-likeness (QED) is 0.838. The van der Waals surface area contributed by atoms with Gasteiger partial charge in [-0.25, -0.2) is 13.1 Å². The average molecular weight is 320 g/mol. The number of benzene rings is 2. The van der Waals surface area contributed by atoms with Crippen molar-refractivity contribution in [2.75, 3.05) is 7.11 Å². The summed E-state index contributed by atoms with van der Waals surface area (Å²) >= 11 is 0. The molecule has 6 nitrogen and oxygen atoms in total. The number of methoxy groups -OCH3 is 1. The summed E-state index contributed by atoms with van der Waals surface area (Å²) in [6, 6.07) is 12.1. The first-order chi connectivity index (χ1) is 10.4. The summed E-state index contributed by atoms with van der Waals surface area (Å²) in [4.78, 5) is 10.7. The van der Waals surface area contributed by atoms with E-state index in [0.29, 0.717) is 5.56 Å². The van der Waals surface area contributed by atoms with Gasteiger partial charge in [0.05, 0.1) is 13.1 Å². The Labute approximate surface area is 128 Å². The fourth-order valence-electron chi connectivity index (χ4n) is 1.86. The second-order valence-corrected chi connectivity index (χ2v) is 6.20. The normalized spacial score (nSPS) is 11.1. The number of carboxylic acids is 1. The van der Waals surface area contributed by atoms with Crippen LogP contribution in [0.2, 0.25) is 0 Å². The molecule has 0 aromatic heterocycles. The number of carbonyl (C=O) groups excluding carboxylic acids is 1. The third kappa shape index (κ3) is 3.63. The van der Waals surface area contributed by atoms with Gasteiger partial charge in [0.1, 0.15) is 10.6 Å². The van der Waals surface area contributed by atoms with E-state index in [1.54, 1.807) is 18.2 Å². The molecule has 0 saturated carbocycles. The smallest absolute Gasteiger partial charge is 0.244 e. The number of hydrogen-bond acceptors (Lipinski definition) is 5. The van der Waals surface area contributed by atoms with Crippen molar-refractivity contribution in [3.05, 3.63) is 59.7 Å². The Kier molecular flexibility index (Phi) is 4.79. The Morgan fingerprint density at radius 1 is 1.14 bits per heavy atom. The molecule has 0 aliphatic rings. The highest BCUT2D eigenvalue weighted by atomic mass is 32.2. The molecule has 0 radical (unpaired) electrons. The molecule has 0 saturated heterocycles. The van der Waals surface area contributed by atoms with Crippen molar-refractivity contribution >= 4 is 16.0 Å². The van der Waals surface area contributed by atoms with Crippen molar-refractivity contribution in [3.63, 3.8) is 0 Å². The summed E-state index contributed by atoms with van der Waals surface area (Å²) in [5.41, 5.74) is 0.666. The Morgan fingerprint density at radius 2 is 1.77 bits per heavy atom. The van der Waals surface area contributed by atoms with Gasteiger partial charge in [0, 0.05) is 6.54 Å². The van der Waals surface area contributed by atoms with E-state index in [1.807, 2.05) is 0 Å². The molecule has 0 atom stereocenters. The molecule has 0 bridgehead atoms. The summed E-state index contributed by atoms with van der Waals surface area (Å²) in [5, 5.41) is 10.6. The Bertz CT molecular complexity index is 769. The molecule has 2 aromatic rings. The highest BCUT2D eigenvalue weighted by Gasteiger charge is 2.18. The second-order valence-electron chi connectivity index (χ2n) is 4.46. The van der Waals surface area contributed by atoms with Gasteiger partial charge in [0.2, 0.25) is 10.0 Å². The monoisotopic (exact) mass is 320 g/mol. The van der Waals surface area contributed by atoms with E-state index in [2.05, 4.69) is 4.72 Å². The molecule has 0 aliphatic carbocycles. The lowest BCUT2D eigenvalue weighted by molar-refractivity contribution is -0.255. The number of sulfonamides is 1. The molecule has 0 fully saturated rings. The molecule has 2 aromatic carbocycles. The van der Waals surface area contributed by atoms with E-state index >= 15 is 0 Å². The van der Waals surface area contributed by atoms with Crippen molar-refractivity contribution in [3.8, 4) is 5.75 Å². The Morgan fingerprint density at radius 3 is 2.36 bits per heavy atom. The minimum absolute atomic E-state index is 0.0354. The molecular weight excluding hydrogens is 306 g/mol. The van der Waals surface area contributed by atoms with Crippen LogP contribution in [0.25, 0.3) is 0 Å². The van der Waals surface area contributed by atoms with Crippen molar-refractivity contribution in [2.24, 2.45) is 0 Å². The molecular formula is C15H14NO5S-. The number of carboxylic acid groups (broad SMARTS) is 1. The molecule has 0 amide bonds. The van der Waals surface area contributed by atoms with Gasteiger partial charge in [-0.3, -0.25) is 0 Å². The molecule has 0 spiro atoms. The van der Waals surface area contributed by atoms with Gasteiger partial charge in [0.15, 0.2) is 0 Å². The van der Waals surface area contributed by atoms with Crippen molar-refractivity contribution < 1.29 is 23.1 Å². The average Bonchev–Trinajstić information content (AvgIpc) is 2.53. The fraction of sp³-hybridized carbons (Fsp3) is 0.133. The summed E-state index contributed by atoms with van der Waals surface area (Å²) in [7, 11) is -2.34. The summed E-state index contributed by atoms with van der Waals surface area (Å²) in [6.07, 6.45) is 0. The Hall–Kier alpha value is -2.38. The largest absolute Gasteiger partial charge is 0.545 e. The second kappa shape index (κ2) is 6.59. The van der Waals surface area contributed by atoms with Crippen LogP contribution >= 0.6 is 0 Å². The number of para-hydroxylation sites is 1. The number of ether oxygens (including phenoxy) is 1. The zero-order chi connectivity index (χ0) is 16.2. The lowest BCUT2D eigenvalue weighted by Crippen LogP contribution is -2.24. The van der Waals surface area contributed by atoms with Gasteiger partial charge in [0.25, 0.3) is 0 Å². The van der Waals surface area contributed by atoms with Crippen molar-refractivity contribution in [1.29, 1.82) is 0 Å². The maximum Gasteiger partial charge on any atom is 0.244 e. The van der Waals surface area contributed by atoms with Gasteiger partial charge in [-0.2, -0.15) is 0 Å². The van der Waals surface area contributed by atoms with E-state index in [1.165, 1.54) is 37.4 Å². The number of hydrogen-bond donors (Lipinski definition) is 1. The molecule has 0 aliphatic heterocycles. The van der Waals surface area contributed by atoms with Crippen molar-refractivity contribution in [1.82, 2.24) is 4.72 Å². The van der Waals surface area contributed by atoms with E-state index in [9.17, 15) is 18.3 Å². The molecule has 0 unspecified atom stereocenters. The van der Waals surface area contributed by atoms with Crippen LogP contribution < -0.4 is 14.6 Å². The maximum absolute atomic E-state index is 12.3. The minimum atomic E-state index is -3.73. The standard InChI is InChI=1S/C15H15NO5S/c1-21-13-4-2-3-5-14(13)22(19,20)16-10-11-6-8-12(9-7-11)15(17)18/h2-9,16H,10H2,1H3,(H,17,18)/p-1. The van der Waals surface area contributed by atoms with Gasteiger partial charge in [-0.15, -0.1) is 0 Å². The number of rotatable bonds is 6. The van der Waals surface area contributed by atoms with Crippen LogP contribution in [0, 0.1) is 0 Å². The summed E-state index contributed by atoms with van der Waals surface area (Å²) in [6.45, 7) is 0.0354. The zero-order valence-electron chi connectivity index (χ0n) is 11.8. The predicted molar refractivity (Wildman–Crippen MR) is 77.8 cm³/mol. The SMILES string of the molecule is COc1ccccc1S(=O)(=O)NCc1ccc(C(=O)[O-])cc1. The number of nitrogens with one attached hydrogen (secondary N) is 1. The molecule has 0 heterocycles. The molecule has 1 N–H and O–H groups in total. The van der Waals surface area contributed by atoms with Crippen molar-refractivity contribution in [2.45, 2.75) is 11.4 Å². The lowest BCUT2D eigenvalue weighted by atomic mass is 10.1. The van der Waals surface area contributed by atoms with Crippen LogP contribution in [0.5, 0.6) is 5.75 Å². The van der Waals surface area contributed by atoms with Crippen LogP contribution in [-0.2, 0) is 16.6 Å². The van der Waals surface area contributed by atoms with Gasteiger partial charge >= 0.3 is 0 Å². The summed E-state index contributed by atoms with van der Waals surface area (Å²) < 4.78 is 32.0. The van der Waals surface area contributed by atoms with Crippen LogP contribution in [-0.4, -0.2) is 21.5 Å². The first kappa shape index (κ1) is 16.0. The minimum Gasteiger partial charge on any atom is -0.545 e. The third-order valence-electron chi connectivity index (χ3n) is 3.01. The topological polar surface area (TPSA) is 95.5 Å². The first-order valence-electron chi connectivity index (χ1n) is 6.37. The first-order valence-corrected chi connectivity index (χ1v) is 7.85. The molecule has 2 rings (SSSR count). The highest BCUT2D eigenvalue weighted by Crippen LogP contribution is 2.22. The van der Waals surface area contributed by atoms with E-state index in [0.717, 1.165) is 0 Å². The number of aromatic carboxylic acids is 1. The van der Waals surface area contributed by atoms with E-state index in [4.69, 9.17) is 4.74 Å². The number of carbonyl (C=O) groups is 1. The van der Waals surface area contributed by atoms with Crippen LogP contribution in [0.15, 0.2) is 53.4 Å². The van der Waals surface area contributed by atoms with E-state index in [-0.39, 0.29) is 22.8 Å². The van der Waals surface area contributed by atoms with E-state index < -0.39 is 16.0 Å². The Balaban J connectivity index is 2.14. The van der Waals surface area contributed by atoms with Gasteiger partial charge in [-0.1, -0.05) is 36.4 Å². The highest BCUT2D eigenvalue weighted by molar-refractivity contribution is 7.89. The van der Waals surface area contributed by atoms with Crippen LogP contribution in [0.1, 0.15) is 15.9 Å². The van der Waals surface area contributed by atoms with Gasteiger partial charge < -0.3 is 14.6 Å². The lowest BCUT2D eigenvalue weighted by Gasteiger charge is -2.11.